The number of fused-ring (bicyclic) bond motifs is 3. The molecule has 2 nitrogen and oxygen atoms in total. The first-order valence-electron chi connectivity index (χ1n) is 9.79. The molecule has 0 aromatic carbocycles. The Bertz CT molecular complexity index is 470. The Morgan fingerprint density at radius 1 is 0.957 bits per heavy atom. The predicted octanol–water partition coefficient (Wildman–Crippen LogP) is 5.54. The highest BCUT2D eigenvalue weighted by atomic mass is 16.5. The number of rotatable bonds is 3. The summed E-state index contributed by atoms with van der Waals surface area (Å²) in [7, 11) is 0. The molecule has 0 spiro atoms. The standard InChI is InChI=1S/C21H36O2/c1-18(2)10-6-12-20(4)16(18)9-14-21(5)17(20)8-13-19(3,23-21)11-7-15-22/h15-17H,6-14H2,1-5H3/t16-,17?,19?,20-,21+/m0/s1. The molecule has 5 atom stereocenters. The van der Waals surface area contributed by atoms with Crippen LogP contribution >= 0.6 is 0 Å². The van der Waals surface area contributed by atoms with Gasteiger partial charge in [-0.1, -0.05) is 27.2 Å². The maximum absolute atomic E-state index is 10.8. The van der Waals surface area contributed by atoms with Crippen molar-refractivity contribution in [1.82, 2.24) is 0 Å². The molecule has 0 bridgehead atoms. The summed E-state index contributed by atoms with van der Waals surface area (Å²) < 4.78 is 6.79. The summed E-state index contributed by atoms with van der Waals surface area (Å²) in [4.78, 5) is 10.8. The maximum Gasteiger partial charge on any atom is 0.120 e. The SMILES string of the molecule is CC1(CCC=O)CCC2[C@@](C)(CC[C@H]3C(C)(C)CCC[C@]23C)O1. The molecule has 2 aliphatic carbocycles. The van der Waals surface area contributed by atoms with Gasteiger partial charge in [0.25, 0.3) is 0 Å². The molecule has 3 aliphatic rings. The highest BCUT2D eigenvalue weighted by Gasteiger charge is 2.61. The van der Waals surface area contributed by atoms with E-state index in [1.54, 1.807) is 0 Å². The Morgan fingerprint density at radius 2 is 1.65 bits per heavy atom. The van der Waals surface area contributed by atoms with Crippen LogP contribution in [0.15, 0.2) is 0 Å². The van der Waals surface area contributed by atoms with Crippen molar-refractivity contribution in [3.05, 3.63) is 0 Å². The molecule has 1 aliphatic heterocycles. The molecule has 0 aromatic heterocycles. The van der Waals surface area contributed by atoms with E-state index in [2.05, 4.69) is 34.6 Å². The average Bonchev–Trinajstić information content (AvgIpc) is 2.43. The fraction of sp³-hybridized carbons (Fsp3) is 0.952. The normalized spacial score (nSPS) is 49.1. The number of carbonyl (C=O) groups is 1. The molecular weight excluding hydrogens is 284 g/mol. The molecule has 1 heterocycles. The Morgan fingerprint density at radius 3 is 2.35 bits per heavy atom. The van der Waals surface area contributed by atoms with E-state index < -0.39 is 0 Å². The van der Waals surface area contributed by atoms with Gasteiger partial charge in [0.1, 0.15) is 6.29 Å². The zero-order valence-corrected chi connectivity index (χ0v) is 15.9. The summed E-state index contributed by atoms with van der Waals surface area (Å²) in [5.41, 5.74) is 0.821. The smallest absolute Gasteiger partial charge is 0.120 e. The average molecular weight is 321 g/mol. The first-order valence-corrected chi connectivity index (χ1v) is 9.79. The van der Waals surface area contributed by atoms with Crippen molar-refractivity contribution in [2.24, 2.45) is 22.7 Å². The van der Waals surface area contributed by atoms with Crippen molar-refractivity contribution in [3.8, 4) is 0 Å². The van der Waals surface area contributed by atoms with Crippen LogP contribution in [0.2, 0.25) is 0 Å². The van der Waals surface area contributed by atoms with Crippen LogP contribution in [0.1, 0.15) is 92.4 Å². The molecule has 1 saturated heterocycles. The van der Waals surface area contributed by atoms with Gasteiger partial charge in [0.15, 0.2) is 0 Å². The largest absolute Gasteiger partial charge is 0.369 e. The van der Waals surface area contributed by atoms with Crippen LogP contribution < -0.4 is 0 Å². The van der Waals surface area contributed by atoms with E-state index in [1.807, 2.05) is 0 Å². The Hall–Kier alpha value is -0.370. The van der Waals surface area contributed by atoms with E-state index in [0.29, 0.717) is 23.2 Å². The van der Waals surface area contributed by atoms with Crippen molar-refractivity contribution in [2.75, 3.05) is 0 Å². The lowest BCUT2D eigenvalue weighted by atomic mass is 9.44. The summed E-state index contributed by atoms with van der Waals surface area (Å²) in [6.45, 7) is 12.2. The van der Waals surface area contributed by atoms with Crippen molar-refractivity contribution < 1.29 is 9.53 Å². The van der Waals surface area contributed by atoms with Gasteiger partial charge in [-0.3, -0.25) is 0 Å². The van der Waals surface area contributed by atoms with Gasteiger partial charge < -0.3 is 9.53 Å². The van der Waals surface area contributed by atoms with Crippen molar-refractivity contribution in [3.63, 3.8) is 0 Å². The molecule has 0 aromatic rings. The number of carbonyl (C=O) groups excluding carboxylic acids is 1. The number of aldehydes is 1. The molecule has 2 unspecified atom stereocenters. The van der Waals surface area contributed by atoms with Crippen LogP contribution in [0.25, 0.3) is 0 Å². The minimum atomic E-state index is -0.0977. The summed E-state index contributed by atoms with van der Waals surface area (Å²) in [5.74, 6) is 1.52. The van der Waals surface area contributed by atoms with E-state index >= 15 is 0 Å². The van der Waals surface area contributed by atoms with Crippen molar-refractivity contribution in [1.29, 1.82) is 0 Å². The number of ether oxygens (including phenoxy) is 1. The monoisotopic (exact) mass is 320 g/mol. The van der Waals surface area contributed by atoms with Gasteiger partial charge in [0, 0.05) is 6.42 Å². The summed E-state index contributed by atoms with van der Waals surface area (Å²) in [6, 6.07) is 0. The first kappa shape index (κ1) is 17.5. The molecule has 3 fully saturated rings. The van der Waals surface area contributed by atoms with Crippen molar-refractivity contribution >= 4 is 6.29 Å². The third-order valence-corrected chi connectivity index (χ3v) is 7.97. The zero-order chi connectivity index (χ0) is 16.9. The molecular formula is C21H36O2. The van der Waals surface area contributed by atoms with E-state index in [4.69, 9.17) is 4.74 Å². The lowest BCUT2D eigenvalue weighted by Crippen LogP contribution is -2.62. The van der Waals surface area contributed by atoms with Crippen LogP contribution in [0, 0.1) is 22.7 Å². The minimum absolute atomic E-state index is 0.00849. The van der Waals surface area contributed by atoms with Crippen molar-refractivity contribution in [2.45, 2.75) is 104 Å². The molecule has 132 valence electrons. The van der Waals surface area contributed by atoms with Gasteiger partial charge in [0.05, 0.1) is 11.2 Å². The highest BCUT2D eigenvalue weighted by Crippen LogP contribution is 2.65. The first-order chi connectivity index (χ1) is 10.7. The predicted molar refractivity (Wildman–Crippen MR) is 94.4 cm³/mol. The molecule has 23 heavy (non-hydrogen) atoms. The third-order valence-electron chi connectivity index (χ3n) is 7.97. The lowest BCUT2D eigenvalue weighted by molar-refractivity contribution is -0.266. The van der Waals surface area contributed by atoms with Crippen LogP contribution in [-0.4, -0.2) is 17.5 Å². The van der Waals surface area contributed by atoms with Crippen LogP contribution in [-0.2, 0) is 9.53 Å². The second kappa shape index (κ2) is 5.58. The van der Waals surface area contributed by atoms with Crippen LogP contribution in [0.3, 0.4) is 0 Å². The fourth-order valence-corrected chi connectivity index (χ4v) is 6.97. The topological polar surface area (TPSA) is 26.3 Å². The second-order valence-corrected chi connectivity index (χ2v) is 10.1. The number of hydrogen-bond donors (Lipinski definition) is 0. The maximum atomic E-state index is 10.8. The molecule has 2 saturated carbocycles. The number of hydrogen-bond acceptors (Lipinski definition) is 2. The van der Waals surface area contributed by atoms with Gasteiger partial charge in [0.2, 0.25) is 0 Å². The molecule has 0 radical (unpaired) electrons. The molecule has 0 amide bonds. The van der Waals surface area contributed by atoms with E-state index in [9.17, 15) is 4.79 Å². The molecule has 0 N–H and O–H groups in total. The van der Waals surface area contributed by atoms with Crippen LogP contribution in [0.5, 0.6) is 0 Å². The molecule has 3 rings (SSSR count). The minimum Gasteiger partial charge on any atom is -0.369 e. The second-order valence-electron chi connectivity index (χ2n) is 10.1. The Balaban J connectivity index is 1.85. The van der Waals surface area contributed by atoms with E-state index in [0.717, 1.165) is 25.0 Å². The zero-order valence-electron chi connectivity index (χ0n) is 15.9. The van der Waals surface area contributed by atoms with E-state index in [-0.39, 0.29) is 11.2 Å². The summed E-state index contributed by atoms with van der Waals surface area (Å²) >= 11 is 0. The van der Waals surface area contributed by atoms with Gasteiger partial charge in [-0.05, 0) is 81.5 Å². The van der Waals surface area contributed by atoms with Gasteiger partial charge in [-0.2, -0.15) is 0 Å². The Labute approximate surface area is 142 Å². The van der Waals surface area contributed by atoms with Gasteiger partial charge >= 0.3 is 0 Å². The van der Waals surface area contributed by atoms with Gasteiger partial charge in [-0.25, -0.2) is 0 Å². The Kier molecular flexibility index (Phi) is 4.23. The lowest BCUT2D eigenvalue weighted by Gasteiger charge is -2.65. The molecule has 2 heteroatoms. The summed E-state index contributed by atoms with van der Waals surface area (Å²) in [5, 5.41) is 0. The van der Waals surface area contributed by atoms with Crippen LogP contribution in [0.4, 0.5) is 0 Å². The highest BCUT2D eigenvalue weighted by molar-refractivity contribution is 5.49. The third kappa shape index (κ3) is 2.79. The van der Waals surface area contributed by atoms with E-state index in [1.165, 1.54) is 38.5 Å². The summed E-state index contributed by atoms with van der Waals surface area (Å²) in [6.07, 6.45) is 11.6. The fourth-order valence-electron chi connectivity index (χ4n) is 6.97. The van der Waals surface area contributed by atoms with Gasteiger partial charge in [-0.15, -0.1) is 0 Å². The quantitative estimate of drug-likeness (QED) is 0.638.